The van der Waals surface area contributed by atoms with E-state index < -0.39 is 0 Å². The predicted molar refractivity (Wildman–Crippen MR) is 104 cm³/mol. The normalized spacial score (nSPS) is 20.0. The summed E-state index contributed by atoms with van der Waals surface area (Å²) in [7, 11) is 0. The molecule has 26 heavy (non-hydrogen) atoms. The molecule has 0 saturated carbocycles. The van der Waals surface area contributed by atoms with Gasteiger partial charge < -0.3 is 20.5 Å². The van der Waals surface area contributed by atoms with Crippen LogP contribution >= 0.6 is 24.0 Å². The molecule has 8 heteroatoms. The molecule has 1 saturated heterocycles. The lowest BCUT2D eigenvalue weighted by Crippen LogP contribution is -2.43. The molecule has 1 aromatic rings. The lowest BCUT2D eigenvalue weighted by molar-refractivity contribution is -0.126. The second kappa shape index (κ2) is 10.2. The number of hydrogen-bond acceptors (Lipinski definition) is 5. The third kappa shape index (κ3) is 5.39. The number of benzene rings is 1. The highest BCUT2D eigenvalue weighted by atomic mass is 35.5. The second-order valence-corrected chi connectivity index (χ2v) is 7.02. The molecule has 1 aromatic carbocycles. The largest absolute Gasteiger partial charge is 0.489 e. The number of carbonyl (C=O) groups is 1. The minimum absolute atomic E-state index is 0. The van der Waals surface area contributed by atoms with Gasteiger partial charge in [-0.25, -0.2) is 0 Å². The summed E-state index contributed by atoms with van der Waals surface area (Å²) in [5.74, 6) is 1.48. The first-order chi connectivity index (χ1) is 12.2. The Labute approximate surface area is 165 Å². The Bertz CT molecular complexity index is 616. The summed E-state index contributed by atoms with van der Waals surface area (Å²) in [5.41, 5.74) is 6.54. The van der Waals surface area contributed by atoms with Gasteiger partial charge in [0.2, 0.25) is 5.91 Å². The van der Waals surface area contributed by atoms with E-state index in [1.54, 1.807) is 0 Å². The van der Waals surface area contributed by atoms with Crippen molar-refractivity contribution in [1.29, 1.82) is 0 Å². The number of nitrogens with two attached hydrogens (primary N) is 1. The van der Waals surface area contributed by atoms with E-state index in [0.29, 0.717) is 42.8 Å². The van der Waals surface area contributed by atoms with Crippen molar-refractivity contribution in [2.75, 3.05) is 39.4 Å². The molecule has 0 spiro atoms. The molecule has 3 N–H and O–H groups in total. The highest BCUT2D eigenvalue weighted by molar-refractivity contribution is 6.32. The van der Waals surface area contributed by atoms with Crippen molar-refractivity contribution in [3.63, 3.8) is 0 Å². The summed E-state index contributed by atoms with van der Waals surface area (Å²) in [6.45, 7) is 4.74. The van der Waals surface area contributed by atoms with E-state index in [1.807, 2.05) is 12.1 Å². The highest BCUT2D eigenvalue weighted by Gasteiger charge is 2.26. The van der Waals surface area contributed by atoms with Gasteiger partial charge in [-0.1, -0.05) is 11.6 Å². The van der Waals surface area contributed by atoms with Crippen molar-refractivity contribution in [1.82, 2.24) is 10.2 Å². The first kappa shape index (κ1) is 21.1. The number of nitrogens with one attached hydrogen (secondary N) is 1. The Morgan fingerprint density at radius 3 is 2.92 bits per heavy atom. The molecular weight excluding hydrogens is 377 g/mol. The summed E-state index contributed by atoms with van der Waals surface area (Å²) in [5, 5.41) is 3.48. The fourth-order valence-electron chi connectivity index (χ4n) is 3.39. The zero-order chi connectivity index (χ0) is 17.6. The van der Waals surface area contributed by atoms with E-state index in [2.05, 4.69) is 10.2 Å². The van der Waals surface area contributed by atoms with Crippen molar-refractivity contribution in [2.24, 2.45) is 11.7 Å². The lowest BCUT2D eigenvalue weighted by Gasteiger charge is -2.32. The van der Waals surface area contributed by atoms with E-state index in [1.165, 1.54) is 0 Å². The summed E-state index contributed by atoms with van der Waals surface area (Å²) in [6.07, 6.45) is 2.79. The van der Waals surface area contributed by atoms with E-state index >= 15 is 0 Å². The molecule has 0 aromatic heterocycles. The number of rotatable bonds is 5. The molecule has 1 atom stereocenters. The van der Waals surface area contributed by atoms with Gasteiger partial charge in [0.25, 0.3) is 0 Å². The minimum Gasteiger partial charge on any atom is -0.489 e. The van der Waals surface area contributed by atoms with Crippen LogP contribution in [0.15, 0.2) is 12.1 Å². The molecule has 2 aliphatic heterocycles. The maximum Gasteiger partial charge on any atom is 0.224 e. The number of ether oxygens (including phenoxy) is 2. The molecular formula is C18H27Cl2N3O3. The first-order valence-electron chi connectivity index (χ1n) is 8.95. The Balaban J connectivity index is 0.00000243. The lowest BCUT2D eigenvalue weighted by atomic mass is 9.96. The van der Waals surface area contributed by atoms with E-state index in [0.717, 1.165) is 44.5 Å². The van der Waals surface area contributed by atoms with Crippen molar-refractivity contribution in [2.45, 2.75) is 25.8 Å². The first-order valence-corrected chi connectivity index (χ1v) is 9.33. The standard InChI is InChI=1S/C18H26ClN3O3.ClH/c19-15-9-13(10-16-17(15)25-8-2-7-24-16)11-22-6-1-3-14(12-22)18(23)21-5-4-20;/h9-10,14H,1-8,11-12,20H2,(H,21,23);1H. The number of fused-ring (bicyclic) bond motifs is 1. The Hall–Kier alpha value is -1.21. The number of hydrogen-bond donors (Lipinski definition) is 2. The number of halogens is 2. The SMILES string of the molecule is Cl.NCCNC(=O)C1CCCN(Cc2cc(Cl)c3c(c2)OCCCO3)C1. The average Bonchev–Trinajstić information content (AvgIpc) is 2.86. The van der Waals surface area contributed by atoms with Gasteiger partial charge in [-0.05, 0) is 37.1 Å². The maximum absolute atomic E-state index is 12.2. The Morgan fingerprint density at radius 1 is 1.31 bits per heavy atom. The quantitative estimate of drug-likeness (QED) is 0.787. The molecule has 2 aliphatic rings. The van der Waals surface area contributed by atoms with Crippen molar-refractivity contribution in [3.8, 4) is 11.5 Å². The molecule has 1 unspecified atom stereocenters. The number of likely N-dealkylation sites (tertiary alicyclic amines) is 1. The highest BCUT2D eigenvalue weighted by Crippen LogP contribution is 2.38. The summed E-state index contributed by atoms with van der Waals surface area (Å²) < 4.78 is 11.4. The number of amides is 1. The smallest absolute Gasteiger partial charge is 0.224 e. The summed E-state index contributed by atoms with van der Waals surface area (Å²) in [4.78, 5) is 14.5. The van der Waals surface area contributed by atoms with Crippen molar-refractivity contribution >= 4 is 29.9 Å². The molecule has 146 valence electrons. The van der Waals surface area contributed by atoms with Gasteiger partial charge in [-0.15, -0.1) is 12.4 Å². The number of piperidine rings is 1. The monoisotopic (exact) mass is 403 g/mol. The molecule has 2 heterocycles. The van der Waals surface area contributed by atoms with Crippen molar-refractivity contribution in [3.05, 3.63) is 22.7 Å². The average molecular weight is 404 g/mol. The van der Waals surface area contributed by atoms with Gasteiger partial charge in [0.15, 0.2) is 11.5 Å². The zero-order valence-corrected chi connectivity index (χ0v) is 16.4. The van der Waals surface area contributed by atoms with Crippen LogP contribution in [0.25, 0.3) is 0 Å². The third-order valence-corrected chi connectivity index (χ3v) is 4.87. The molecule has 0 radical (unpaired) electrons. The van der Waals surface area contributed by atoms with Crippen LogP contribution < -0.4 is 20.5 Å². The van der Waals surface area contributed by atoms with E-state index in [4.69, 9.17) is 26.8 Å². The van der Waals surface area contributed by atoms with Crippen LogP contribution in [0.2, 0.25) is 5.02 Å². The minimum atomic E-state index is 0. The van der Waals surface area contributed by atoms with Gasteiger partial charge >= 0.3 is 0 Å². The predicted octanol–water partition coefficient (Wildman–Crippen LogP) is 2.21. The van der Waals surface area contributed by atoms with Crippen LogP contribution in [0.4, 0.5) is 0 Å². The topological polar surface area (TPSA) is 76.8 Å². The van der Waals surface area contributed by atoms with Crippen LogP contribution in [-0.2, 0) is 11.3 Å². The fraction of sp³-hybridized carbons (Fsp3) is 0.611. The molecule has 0 aliphatic carbocycles. The number of carbonyl (C=O) groups excluding carboxylic acids is 1. The number of nitrogens with zero attached hydrogens (tertiary/aromatic N) is 1. The Kier molecular flexibility index (Phi) is 8.28. The summed E-state index contributed by atoms with van der Waals surface area (Å²) in [6, 6.07) is 3.94. The van der Waals surface area contributed by atoms with Gasteiger partial charge in [0.1, 0.15) is 0 Å². The fourth-order valence-corrected chi connectivity index (χ4v) is 3.67. The van der Waals surface area contributed by atoms with Gasteiger partial charge in [-0.3, -0.25) is 9.69 Å². The van der Waals surface area contributed by atoms with Gasteiger partial charge in [-0.2, -0.15) is 0 Å². The second-order valence-electron chi connectivity index (χ2n) is 6.61. The van der Waals surface area contributed by atoms with Crippen LogP contribution in [0.5, 0.6) is 11.5 Å². The molecule has 0 bridgehead atoms. The van der Waals surface area contributed by atoms with Crippen LogP contribution in [0, 0.1) is 5.92 Å². The molecule has 6 nitrogen and oxygen atoms in total. The molecule has 3 rings (SSSR count). The van der Waals surface area contributed by atoms with E-state index in [9.17, 15) is 4.79 Å². The van der Waals surface area contributed by atoms with Gasteiger partial charge in [0.05, 0.1) is 24.2 Å². The van der Waals surface area contributed by atoms with Crippen LogP contribution in [0.3, 0.4) is 0 Å². The zero-order valence-electron chi connectivity index (χ0n) is 14.8. The third-order valence-electron chi connectivity index (χ3n) is 4.59. The van der Waals surface area contributed by atoms with Gasteiger partial charge in [0, 0.05) is 32.6 Å². The van der Waals surface area contributed by atoms with Crippen molar-refractivity contribution < 1.29 is 14.3 Å². The van der Waals surface area contributed by atoms with Crippen LogP contribution in [-0.4, -0.2) is 50.2 Å². The Morgan fingerprint density at radius 2 is 2.12 bits per heavy atom. The van der Waals surface area contributed by atoms with Crippen LogP contribution in [0.1, 0.15) is 24.8 Å². The van der Waals surface area contributed by atoms with E-state index in [-0.39, 0.29) is 24.2 Å². The maximum atomic E-state index is 12.2. The summed E-state index contributed by atoms with van der Waals surface area (Å²) >= 11 is 6.37. The molecule has 1 amide bonds. The molecule has 1 fully saturated rings.